The SMILES string of the molecule is CC(=O)c1cccc(-c2nnc(N3CCOCC3)nn2)c1. The fourth-order valence-electron chi connectivity index (χ4n) is 2.11. The van der Waals surface area contributed by atoms with Crippen LogP contribution in [0.3, 0.4) is 0 Å². The number of rotatable bonds is 3. The molecule has 108 valence electrons. The highest BCUT2D eigenvalue weighted by Crippen LogP contribution is 2.16. The standard InChI is InChI=1S/C14H15N5O2/c1-10(20)11-3-2-4-12(9-11)13-15-17-14(18-16-13)19-5-7-21-8-6-19/h2-4,9H,5-8H2,1H3. The van der Waals surface area contributed by atoms with Crippen LogP contribution in [0.2, 0.25) is 0 Å². The lowest BCUT2D eigenvalue weighted by atomic mass is 10.1. The van der Waals surface area contributed by atoms with Crippen LogP contribution in [0.4, 0.5) is 5.95 Å². The minimum Gasteiger partial charge on any atom is -0.378 e. The van der Waals surface area contributed by atoms with E-state index in [0.717, 1.165) is 18.7 Å². The van der Waals surface area contributed by atoms with Gasteiger partial charge in [-0.25, -0.2) is 0 Å². The summed E-state index contributed by atoms with van der Waals surface area (Å²) >= 11 is 0. The highest BCUT2D eigenvalue weighted by molar-refractivity contribution is 5.95. The second-order valence-corrected chi connectivity index (χ2v) is 4.76. The van der Waals surface area contributed by atoms with Crippen LogP contribution in [0.25, 0.3) is 11.4 Å². The summed E-state index contributed by atoms with van der Waals surface area (Å²) in [4.78, 5) is 13.4. The fraction of sp³-hybridized carbons (Fsp3) is 0.357. The highest BCUT2D eigenvalue weighted by atomic mass is 16.5. The maximum Gasteiger partial charge on any atom is 0.264 e. The van der Waals surface area contributed by atoms with Crippen LogP contribution in [-0.4, -0.2) is 52.5 Å². The fourth-order valence-corrected chi connectivity index (χ4v) is 2.11. The molecule has 0 atom stereocenters. The van der Waals surface area contributed by atoms with Crippen molar-refractivity contribution >= 4 is 11.7 Å². The largest absolute Gasteiger partial charge is 0.378 e. The van der Waals surface area contributed by atoms with Crippen LogP contribution in [0.15, 0.2) is 24.3 Å². The summed E-state index contributed by atoms with van der Waals surface area (Å²) in [5.74, 6) is 0.919. The van der Waals surface area contributed by atoms with Gasteiger partial charge in [0.05, 0.1) is 13.2 Å². The zero-order valence-corrected chi connectivity index (χ0v) is 11.7. The van der Waals surface area contributed by atoms with Crippen molar-refractivity contribution < 1.29 is 9.53 Å². The zero-order valence-electron chi connectivity index (χ0n) is 11.7. The average Bonchev–Trinajstić information content (AvgIpc) is 2.56. The number of hydrogen-bond donors (Lipinski definition) is 0. The van der Waals surface area contributed by atoms with Crippen molar-refractivity contribution in [2.24, 2.45) is 0 Å². The quantitative estimate of drug-likeness (QED) is 0.777. The van der Waals surface area contributed by atoms with Crippen LogP contribution in [-0.2, 0) is 4.74 Å². The summed E-state index contributed by atoms with van der Waals surface area (Å²) in [5.41, 5.74) is 1.35. The Morgan fingerprint density at radius 2 is 1.86 bits per heavy atom. The predicted molar refractivity (Wildman–Crippen MR) is 76.1 cm³/mol. The lowest BCUT2D eigenvalue weighted by molar-refractivity contribution is 0.101. The van der Waals surface area contributed by atoms with Crippen LogP contribution in [0, 0.1) is 0 Å². The molecular weight excluding hydrogens is 270 g/mol. The number of carbonyl (C=O) groups excluding carboxylic acids is 1. The third-order valence-electron chi connectivity index (χ3n) is 3.29. The van der Waals surface area contributed by atoms with Gasteiger partial charge in [-0.2, -0.15) is 0 Å². The summed E-state index contributed by atoms with van der Waals surface area (Å²) in [6.07, 6.45) is 0. The Morgan fingerprint density at radius 1 is 1.14 bits per heavy atom. The van der Waals surface area contributed by atoms with E-state index in [0.29, 0.717) is 30.5 Å². The van der Waals surface area contributed by atoms with Gasteiger partial charge in [-0.3, -0.25) is 4.79 Å². The number of ketones is 1. The molecule has 0 spiro atoms. The maximum absolute atomic E-state index is 11.4. The van der Waals surface area contributed by atoms with Gasteiger partial charge in [-0.05, 0) is 13.0 Å². The number of nitrogens with zero attached hydrogens (tertiary/aromatic N) is 5. The molecular formula is C14H15N5O2. The number of ether oxygens (including phenoxy) is 1. The smallest absolute Gasteiger partial charge is 0.264 e. The molecule has 0 N–H and O–H groups in total. The van der Waals surface area contributed by atoms with Crippen molar-refractivity contribution in [3.05, 3.63) is 29.8 Å². The molecule has 21 heavy (non-hydrogen) atoms. The molecule has 3 rings (SSSR count). The number of Topliss-reactive ketones (excluding diaryl/α,β-unsaturated/α-hetero) is 1. The summed E-state index contributed by atoms with van der Waals surface area (Å²) in [7, 11) is 0. The van der Waals surface area contributed by atoms with E-state index < -0.39 is 0 Å². The molecule has 2 heterocycles. The molecule has 1 aliphatic rings. The number of aromatic nitrogens is 4. The molecule has 0 aliphatic carbocycles. The molecule has 1 fully saturated rings. The van der Waals surface area contributed by atoms with Gasteiger partial charge >= 0.3 is 0 Å². The second kappa shape index (κ2) is 5.92. The van der Waals surface area contributed by atoms with E-state index in [1.807, 2.05) is 11.0 Å². The van der Waals surface area contributed by atoms with E-state index in [9.17, 15) is 4.79 Å². The van der Waals surface area contributed by atoms with Crippen LogP contribution >= 0.6 is 0 Å². The molecule has 0 radical (unpaired) electrons. The third-order valence-corrected chi connectivity index (χ3v) is 3.29. The van der Waals surface area contributed by atoms with Gasteiger partial charge in [0.25, 0.3) is 5.95 Å². The van der Waals surface area contributed by atoms with Crippen LogP contribution in [0.5, 0.6) is 0 Å². The zero-order chi connectivity index (χ0) is 14.7. The molecule has 7 nitrogen and oxygen atoms in total. The number of morpholine rings is 1. The van der Waals surface area contributed by atoms with Gasteiger partial charge in [0.15, 0.2) is 5.78 Å². The molecule has 0 saturated carbocycles. The van der Waals surface area contributed by atoms with Crippen molar-refractivity contribution in [2.45, 2.75) is 6.92 Å². The van der Waals surface area contributed by atoms with Gasteiger partial charge in [0, 0.05) is 24.2 Å². The van der Waals surface area contributed by atoms with E-state index >= 15 is 0 Å². The molecule has 0 amide bonds. The number of carbonyl (C=O) groups is 1. The van der Waals surface area contributed by atoms with Gasteiger partial charge < -0.3 is 9.64 Å². The first-order valence-corrected chi connectivity index (χ1v) is 6.75. The Hall–Kier alpha value is -2.41. The predicted octanol–water partition coefficient (Wildman–Crippen LogP) is 0.973. The molecule has 7 heteroatoms. The van der Waals surface area contributed by atoms with Crippen molar-refractivity contribution in [3.8, 4) is 11.4 Å². The molecule has 0 bridgehead atoms. The Bertz CT molecular complexity index is 638. The summed E-state index contributed by atoms with van der Waals surface area (Å²) in [6, 6.07) is 7.13. The van der Waals surface area contributed by atoms with Gasteiger partial charge in [0.1, 0.15) is 0 Å². The van der Waals surface area contributed by atoms with E-state index in [1.54, 1.807) is 18.2 Å². The van der Waals surface area contributed by atoms with Crippen molar-refractivity contribution in [2.75, 3.05) is 31.2 Å². The Kier molecular flexibility index (Phi) is 3.83. The molecule has 2 aromatic rings. The molecule has 1 aliphatic heterocycles. The van der Waals surface area contributed by atoms with E-state index in [1.165, 1.54) is 6.92 Å². The minimum absolute atomic E-state index is 0.00250. The molecule has 1 aromatic carbocycles. The molecule has 0 unspecified atom stereocenters. The van der Waals surface area contributed by atoms with E-state index in [2.05, 4.69) is 20.4 Å². The highest BCUT2D eigenvalue weighted by Gasteiger charge is 2.15. The molecule has 1 saturated heterocycles. The maximum atomic E-state index is 11.4. The third kappa shape index (κ3) is 3.03. The Labute approximate surface area is 122 Å². The Balaban J connectivity index is 1.83. The van der Waals surface area contributed by atoms with Crippen molar-refractivity contribution in [1.82, 2.24) is 20.4 Å². The lowest BCUT2D eigenvalue weighted by Gasteiger charge is -2.25. The van der Waals surface area contributed by atoms with Crippen molar-refractivity contribution in [3.63, 3.8) is 0 Å². The van der Waals surface area contributed by atoms with Gasteiger partial charge in [-0.1, -0.05) is 18.2 Å². The normalized spacial score (nSPS) is 15.0. The van der Waals surface area contributed by atoms with Crippen LogP contribution in [0.1, 0.15) is 17.3 Å². The monoisotopic (exact) mass is 285 g/mol. The summed E-state index contributed by atoms with van der Waals surface area (Å²) in [5, 5.41) is 16.4. The summed E-state index contributed by atoms with van der Waals surface area (Å²) < 4.78 is 5.28. The first kappa shape index (κ1) is 13.6. The topological polar surface area (TPSA) is 81.1 Å². The number of anilines is 1. The number of benzene rings is 1. The van der Waals surface area contributed by atoms with E-state index in [-0.39, 0.29) is 5.78 Å². The van der Waals surface area contributed by atoms with E-state index in [4.69, 9.17) is 4.74 Å². The average molecular weight is 285 g/mol. The number of hydrogen-bond acceptors (Lipinski definition) is 7. The minimum atomic E-state index is 0.00250. The Morgan fingerprint density at radius 3 is 2.52 bits per heavy atom. The van der Waals surface area contributed by atoms with Gasteiger partial charge in [0.2, 0.25) is 5.82 Å². The first-order chi connectivity index (χ1) is 10.2. The lowest BCUT2D eigenvalue weighted by Crippen LogP contribution is -2.37. The first-order valence-electron chi connectivity index (χ1n) is 6.75. The van der Waals surface area contributed by atoms with Crippen molar-refractivity contribution in [1.29, 1.82) is 0 Å². The summed E-state index contributed by atoms with van der Waals surface area (Å²) in [6.45, 7) is 4.32. The van der Waals surface area contributed by atoms with Crippen LogP contribution < -0.4 is 4.90 Å². The second-order valence-electron chi connectivity index (χ2n) is 4.76. The van der Waals surface area contributed by atoms with Gasteiger partial charge in [-0.15, -0.1) is 20.4 Å². The molecule has 1 aromatic heterocycles.